The second-order valence-corrected chi connectivity index (χ2v) is 7.45. The van der Waals surface area contributed by atoms with Crippen LogP contribution in [0.2, 0.25) is 0 Å². The second kappa shape index (κ2) is 11.0. The molecule has 162 valence electrons. The van der Waals surface area contributed by atoms with Crippen LogP contribution in [0.3, 0.4) is 0 Å². The summed E-state index contributed by atoms with van der Waals surface area (Å²) in [6.45, 7) is 1.51. The molecular formula is C28H26O4. The molecule has 32 heavy (non-hydrogen) atoms. The van der Waals surface area contributed by atoms with Crippen LogP contribution >= 0.6 is 0 Å². The smallest absolute Gasteiger partial charge is 0.120 e. The molecule has 0 unspecified atom stereocenters. The maximum absolute atomic E-state index is 9.12. The van der Waals surface area contributed by atoms with E-state index in [9.17, 15) is 0 Å². The van der Waals surface area contributed by atoms with E-state index in [1.807, 2.05) is 103 Å². The summed E-state index contributed by atoms with van der Waals surface area (Å²) in [7, 11) is 0. The topological polar surface area (TPSA) is 47.9 Å². The number of aliphatic hydroxyl groups excluding tert-OH is 1. The normalized spacial score (nSPS) is 10.5. The quantitative estimate of drug-likeness (QED) is 0.342. The Morgan fingerprint density at radius 2 is 0.938 bits per heavy atom. The third-order valence-corrected chi connectivity index (χ3v) is 4.99. The lowest BCUT2D eigenvalue weighted by atomic mass is 10.2. The summed E-state index contributed by atoms with van der Waals surface area (Å²) in [6, 6.07) is 33.4. The molecule has 0 atom stereocenters. The molecule has 4 aromatic carbocycles. The van der Waals surface area contributed by atoms with Gasteiger partial charge in [0, 0.05) is 0 Å². The van der Waals surface area contributed by atoms with Gasteiger partial charge in [-0.15, -0.1) is 0 Å². The van der Waals surface area contributed by atoms with Crippen molar-refractivity contribution >= 4 is 0 Å². The van der Waals surface area contributed by atoms with Crippen LogP contribution in [0.1, 0.15) is 22.3 Å². The largest absolute Gasteiger partial charge is 0.489 e. The van der Waals surface area contributed by atoms with Crippen molar-refractivity contribution in [3.8, 4) is 17.2 Å². The van der Waals surface area contributed by atoms with Crippen LogP contribution in [0.15, 0.2) is 103 Å². The van der Waals surface area contributed by atoms with Gasteiger partial charge in [0.2, 0.25) is 0 Å². The minimum atomic E-state index is 0.0309. The van der Waals surface area contributed by atoms with Gasteiger partial charge in [-0.1, -0.05) is 66.7 Å². The summed E-state index contributed by atoms with van der Waals surface area (Å²) in [5.74, 6) is 2.40. The number of hydrogen-bond donors (Lipinski definition) is 1. The molecule has 0 aliphatic rings. The summed E-state index contributed by atoms with van der Waals surface area (Å²) in [6.07, 6.45) is 0. The maximum Gasteiger partial charge on any atom is 0.120 e. The van der Waals surface area contributed by atoms with E-state index in [0.717, 1.165) is 39.5 Å². The van der Waals surface area contributed by atoms with Crippen molar-refractivity contribution in [3.63, 3.8) is 0 Å². The van der Waals surface area contributed by atoms with Gasteiger partial charge < -0.3 is 19.3 Å². The first-order valence-corrected chi connectivity index (χ1v) is 10.6. The Morgan fingerprint density at radius 3 is 1.56 bits per heavy atom. The lowest BCUT2D eigenvalue weighted by Gasteiger charge is -2.11. The highest BCUT2D eigenvalue weighted by Crippen LogP contribution is 2.20. The van der Waals surface area contributed by atoms with Crippen molar-refractivity contribution in [1.82, 2.24) is 0 Å². The Kier molecular flexibility index (Phi) is 7.40. The summed E-state index contributed by atoms with van der Waals surface area (Å²) < 4.78 is 17.6. The zero-order valence-electron chi connectivity index (χ0n) is 17.8. The Hall–Kier alpha value is -3.76. The molecule has 0 saturated heterocycles. The predicted molar refractivity (Wildman–Crippen MR) is 125 cm³/mol. The predicted octanol–water partition coefficient (Wildman–Crippen LogP) is 5.92. The number of aliphatic hydroxyl groups is 1. The third kappa shape index (κ3) is 6.37. The van der Waals surface area contributed by atoms with Crippen molar-refractivity contribution < 1.29 is 19.3 Å². The molecule has 0 amide bonds. The van der Waals surface area contributed by atoms with Gasteiger partial charge >= 0.3 is 0 Å². The fourth-order valence-electron chi connectivity index (χ4n) is 3.17. The Balaban J connectivity index is 1.26. The Labute approximate surface area is 188 Å². The Morgan fingerprint density at radius 1 is 0.438 bits per heavy atom. The van der Waals surface area contributed by atoms with E-state index in [4.69, 9.17) is 19.3 Å². The average molecular weight is 427 g/mol. The molecule has 4 nitrogen and oxygen atoms in total. The maximum atomic E-state index is 9.12. The average Bonchev–Trinajstić information content (AvgIpc) is 2.87. The van der Waals surface area contributed by atoms with E-state index in [1.165, 1.54) is 0 Å². The van der Waals surface area contributed by atoms with Crippen LogP contribution in [-0.2, 0) is 26.4 Å². The van der Waals surface area contributed by atoms with Crippen LogP contribution < -0.4 is 14.2 Å². The van der Waals surface area contributed by atoms with Gasteiger partial charge in [-0.05, 0) is 58.7 Å². The van der Waals surface area contributed by atoms with Gasteiger partial charge in [0.15, 0.2) is 0 Å². The molecule has 0 aromatic heterocycles. The highest BCUT2D eigenvalue weighted by Gasteiger charge is 2.02. The standard InChI is InChI=1S/C28H26O4/c29-18-22-9-13-26(14-10-22)31-21-25-7-4-8-28(17-25)32-20-24-11-15-27(16-12-24)30-19-23-5-2-1-3-6-23/h1-17,29H,18-21H2. The fraction of sp³-hybridized carbons (Fsp3) is 0.143. The van der Waals surface area contributed by atoms with E-state index in [-0.39, 0.29) is 6.61 Å². The van der Waals surface area contributed by atoms with Crippen molar-refractivity contribution in [2.75, 3.05) is 0 Å². The molecule has 0 bridgehead atoms. The zero-order valence-corrected chi connectivity index (χ0v) is 17.8. The van der Waals surface area contributed by atoms with E-state index in [1.54, 1.807) is 0 Å². The van der Waals surface area contributed by atoms with Gasteiger partial charge in [-0.2, -0.15) is 0 Å². The second-order valence-electron chi connectivity index (χ2n) is 7.45. The van der Waals surface area contributed by atoms with Gasteiger partial charge in [0.1, 0.15) is 37.1 Å². The van der Waals surface area contributed by atoms with Crippen molar-refractivity contribution in [2.45, 2.75) is 26.4 Å². The summed E-state index contributed by atoms with van der Waals surface area (Å²) >= 11 is 0. The number of benzene rings is 4. The molecule has 4 aromatic rings. The van der Waals surface area contributed by atoms with Crippen LogP contribution in [0.25, 0.3) is 0 Å². The van der Waals surface area contributed by atoms with Gasteiger partial charge in [0.25, 0.3) is 0 Å². The number of ether oxygens (including phenoxy) is 3. The summed E-state index contributed by atoms with van der Waals surface area (Å²) in [4.78, 5) is 0. The van der Waals surface area contributed by atoms with E-state index in [0.29, 0.717) is 19.8 Å². The SMILES string of the molecule is OCc1ccc(OCc2cccc(OCc3ccc(OCc4ccccc4)cc3)c2)cc1. The van der Waals surface area contributed by atoms with E-state index < -0.39 is 0 Å². The first kappa shape index (κ1) is 21.5. The molecule has 0 saturated carbocycles. The molecule has 0 aliphatic heterocycles. The first-order valence-electron chi connectivity index (χ1n) is 10.6. The summed E-state index contributed by atoms with van der Waals surface area (Å²) in [5, 5.41) is 9.12. The van der Waals surface area contributed by atoms with Gasteiger partial charge in [0.05, 0.1) is 6.61 Å². The van der Waals surface area contributed by atoms with Crippen LogP contribution in [0.5, 0.6) is 17.2 Å². The van der Waals surface area contributed by atoms with Crippen LogP contribution in [-0.4, -0.2) is 5.11 Å². The van der Waals surface area contributed by atoms with Gasteiger partial charge in [-0.3, -0.25) is 0 Å². The first-order chi connectivity index (χ1) is 15.8. The van der Waals surface area contributed by atoms with Crippen molar-refractivity contribution in [1.29, 1.82) is 0 Å². The van der Waals surface area contributed by atoms with Crippen molar-refractivity contribution in [2.24, 2.45) is 0 Å². The highest BCUT2D eigenvalue weighted by molar-refractivity contribution is 5.31. The fourth-order valence-corrected chi connectivity index (χ4v) is 3.17. The molecule has 0 radical (unpaired) electrons. The molecule has 0 spiro atoms. The van der Waals surface area contributed by atoms with Crippen LogP contribution in [0, 0.1) is 0 Å². The number of rotatable bonds is 10. The zero-order chi connectivity index (χ0) is 22.0. The van der Waals surface area contributed by atoms with Gasteiger partial charge in [-0.25, -0.2) is 0 Å². The molecule has 0 fully saturated rings. The monoisotopic (exact) mass is 426 g/mol. The summed E-state index contributed by atoms with van der Waals surface area (Å²) in [5.41, 5.74) is 4.11. The molecule has 4 heteroatoms. The minimum Gasteiger partial charge on any atom is -0.489 e. The lowest BCUT2D eigenvalue weighted by molar-refractivity contribution is 0.280. The van der Waals surface area contributed by atoms with Crippen molar-refractivity contribution in [3.05, 3.63) is 125 Å². The molecule has 0 heterocycles. The molecule has 4 rings (SSSR count). The number of hydrogen-bond acceptors (Lipinski definition) is 4. The Bertz CT molecular complexity index is 1090. The molecule has 0 aliphatic carbocycles. The molecular weight excluding hydrogens is 400 g/mol. The third-order valence-electron chi connectivity index (χ3n) is 4.99. The minimum absolute atomic E-state index is 0.0309. The van der Waals surface area contributed by atoms with E-state index >= 15 is 0 Å². The lowest BCUT2D eigenvalue weighted by Crippen LogP contribution is -1.99. The highest BCUT2D eigenvalue weighted by atomic mass is 16.5. The van der Waals surface area contributed by atoms with E-state index in [2.05, 4.69) is 0 Å². The molecule has 1 N–H and O–H groups in total. The van der Waals surface area contributed by atoms with Crippen LogP contribution in [0.4, 0.5) is 0 Å².